The molecule has 0 amide bonds. The van der Waals surface area contributed by atoms with E-state index >= 15 is 0 Å². The molecule has 192 valence electrons. The summed E-state index contributed by atoms with van der Waals surface area (Å²) in [5.74, 6) is 3.17. The average Bonchev–Trinajstić information content (AvgIpc) is 2.84. The van der Waals surface area contributed by atoms with Gasteiger partial charge in [0.15, 0.2) is 0 Å². The molecule has 0 aliphatic heterocycles. The van der Waals surface area contributed by atoms with Crippen molar-refractivity contribution in [3.05, 3.63) is 69.3 Å². The van der Waals surface area contributed by atoms with E-state index in [1.165, 1.54) is 38.5 Å². The van der Waals surface area contributed by atoms with Gasteiger partial charge in [-0.05, 0) is 105 Å². The highest BCUT2D eigenvalue weighted by Gasteiger charge is 2.71. The largest absolute Gasteiger partial charge is 0.0695 e. The van der Waals surface area contributed by atoms with Gasteiger partial charge in [-0.25, -0.2) is 0 Å². The van der Waals surface area contributed by atoms with Crippen LogP contribution in [0.2, 0.25) is 0 Å². The summed E-state index contributed by atoms with van der Waals surface area (Å²) >= 11 is 0. The first kappa shape index (κ1) is 23.5. The van der Waals surface area contributed by atoms with E-state index in [0.717, 1.165) is 17.8 Å². The van der Waals surface area contributed by atoms with Crippen LogP contribution in [0.15, 0.2) is 63.8 Å². The lowest BCUT2D eigenvalue weighted by Gasteiger charge is -2.73. The molecule has 0 N–H and O–H groups in total. The molecule has 0 heteroatoms. The SMILES string of the molecule is CC1=C2CC(CC1C1(C3(c4ccccc4)CC4CC(=C3C)C4(C)C)CC3CC(=C1C)C3(C)C)C2(C)C. The summed E-state index contributed by atoms with van der Waals surface area (Å²) in [7, 11) is 0. The smallest absolute Gasteiger partial charge is 0.0264 e. The Morgan fingerprint density at radius 1 is 0.611 bits per heavy atom. The maximum absolute atomic E-state index is 2.61. The van der Waals surface area contributed by atoms with E-state index in [2.05, 4.69) is 92.6 Å². The van der Waals surface area contributed by atoms with Crippen molar-refractivity contribution >= 4 is 0 Å². The molecule has 0 radical (unpaired) electrons. The predicted molar refractivity (Wildman–Crippen MR) is 152 cm³/mol. The molecular weight excluding hydrogens is 432 g/mol. The Bertz CT molecular complexity index is 1260. The number of allylic oxidation sites excluding steroid dienone is 6. The Balaban J connectivity index is 1.56. The summed E-state index contributed by atoms with van der Waals surface area (Å²) in [6.45, 7) is 23.0. The van der Waals surface area contributed by atoms with Gasteiger partial charge >= 0.3 is 0 Å². The van der Waals surface area contributed by atoms with Crippen LogP contribution in [0.5, 0.6) is 0 Å². The summed E-state index contributed by atoms with van der Waals surface area (Å²) in [6.07, 6.45) is 8.17. The highest BCUT2D eigenvalue weighted by molar-refractivity contribution is 5.57. The van der Waals surface area contributed by atoms with Crippen LogP contribution in [0.25, 0.3) is 0 Å². The van der Waals surface area contributed by atoms with Crippen LogP contribution in [-0.4, -0.2) is 0 Å². The van der Waals surface area contributed by atoms with Crippen LogP contribution in [-0.2, 0) is 5.41 Å². The molecule has 6 bridgehead atoms. The molecule has 6 unspecified atom stereocenters. The summed E-state index contributed by atoms with van der Waals surface area (Å²) in [6, 6.07) is 11.9. The first-order valence-corrected chi connectivity index (χ1v) is 15.0. The zero-order valence-corrected chi connectivity index (χ0v) is 24.4. The third-order valence-corrected chi connectivity index (χ3v) is 14.2. The van der Waals surface area contributed by atoms with Crippen LogP contribution in [0.4, 0.5) is 0 Å². The zero-order valence-electron chi connectivity index (χ0n) is 24.4. The third-order valence-electron chi connectivity index (χ3n) is 14.2. The lowest BCUT2D eigenvalue weighted by Crippen LogP contribution is -2.65. The van der Waals surface area contributed by atoms with Gasteiger partial charge in [-0.1, -0.05) is 105 Å². The first-order valence-electron chi connectivity index (χ1n) is 15.0. The number of hydrogen-bond acceptors (Lipinski definition) is 0. The van der Waals surface area contributed by atoms with Crippen molar-refractivity contribution in [1.29, 1.82) is 0 Å². The Morgan fingerprint density at radius 3 is 1.64 bits per heavy atom. The fourth-order valence-corrected chi connectivity index (χ4v) is 11.5. The average molecular weight is 481 g/mol. The van der Waals surface area contributed by atoms with Gasteiger partial charge < -0.3 is 0 Å². The zero-order chi connectivity index (χ0) is 25.6. The maximum atomic E-state index is 2.61. The van der Waals surface area contributed by atoms with Crippen molar-refractivity contribution < 1.29 is 0 Å². The van der Waals surface area contributed by atoms with Crippen molar-refractivity contribution in [2.45, 2.75) is 106 Å². The molecule has 0 aromatic heterocycles. The summed E-state index contributed by atoms with van der Waals surface area (Å²) < 4.78 is 0. The standard InChI is InChI=1S/C36H48/c1-21-28-15-25(32(28,4)5)16-29(21)36(20-27-18-31(23(36)3)34(27,8)9)35(24-13-11-10-12-14-24)19-26-17-30(22(35)2)33(26,6)7/h10-14,25-27,29H,15-20H2,1-9H3. The minimum Gasteiger partial charge on any atom is -0.0695 e. The summed E-state index contributed by atoms with van der Waals surface area (Å²) in [5, 5.41) is 0. The van der Waals surface area contributed by atoms with Gasteiger partial charge in [0.05, 0.1) is 0 Å². The van der Waals surface area contributed by atoms with E-state index in [4.69, 9.17) is 0 Å². The molecule has 3 fully saturated rings. The molecule has 1 aromatic rings. The van der Waals surface area contributed by atoms with Gasteiger partial charge in [0, 0.05) is 10.8 Å². The Hall–Kier alpha value is -1.56. The van der Waals surface area contributed by atoms with Gasteiger partial charge in [0.25, 0.3) is 0 Å². The fourth-order valence-electron chi connectivity index (χ4n) is 11.5. The van der Waals surface area contributed by atoms with Crippen LogP contribution < -0.4 is 0 Å². The van der Waals surface area contributed by atoms with Crippen molar-refractivity contribution in [2.75, 3.05) is 0 Å². The highest BCUT2D eigenvalue weighted by atomic mass is 14.7. The van der Waals surface area contributed by atoms with Gasteiger partial charge in [-0.3, -0.25) is 0 Å². The van der Waals surface area contributed by atoms with Crippen LogP contribution in [0.1, 0.15) is 106 Å². The quantitative estimate of drug-likeness (QED) is 0.378. The summed E-state index contributed by atoms with van der Waals surface area (Å²) in [5.41, 5.74) is 13.9. The second kappa shape index (κ2) is 6.71. The van der Waals surface area contributed by atoms with E-state index in [1.807, 2.05) is 16.7 Å². The minimum absolute atomic E-state index is 0.132. The molecule has 3 saturated carbocycles. The van der Waals surface area contributed by atoms with Gasteiger partial charge in [0.1, 0.15) is 0 Å². The number of hydrogen-bond donors (Lipinski definition) is 0. The molecule has 0 saturated heterocycles. The van der Waals surface area contributed by atoms with Crippen molar-refractivity contribution in [2.24, 2.45) is 45.3 Å². The Labute approximate surface area is 220 Å². The van der Waals surface area contributed by atoms with Crippen LogP contribution in [0.3, 0.4) is 0 Å². The molecule has 1 aromatic carbocycles. The lowest BCUT2D eigenvalue weighted by molar-refractivity contribution is -0.0593. The number of benzene rings is 1. The van der Waals surface area contributed by atoms with Gasteiger partial charge in [0.2, 0.25) is 0 Å². The Morgan fingerprint density at radius 2 is 1.14 bits per heavy atom. The molecule has 9 aliphatic rings. The monoisotopic (exact) mass is 480 g/mol. The van der Waals surface area contributed by atoms with E-state index in [9.17, 15) is 0 Å². The lowest BCUT2D eigenvalue weighted by atomic mass is 9.31. The molecule has 0 nitrogen and oxygen atoms in total. The van der Waals surface area contributed by atoms with Crippen molar-refractivity contribution in [3.8, 4) is 0 Å². The van der Waals surface area contributed by atoms with Gasteiger partial charge in [-0.2, -0.15) is 0 Å². The summed E-state index contributed by atoms with van der Waals surface area (Å²) in [4.78, 5) is 0. The minimum atomic E-state index is 0.132. The molecule has 6 atom stereocenters. The van der Waals surface area contributed by atoms with E-state index in [1.54, 1.807) is 22.3 Å². The Kier molecular flexibility index (Phi) is 4.39. The normalized spacial score (nSPS) is 43.0. The highest BCUT2D eigenvalue weighted by Crippen LogP contribution is 2.78. The first-order chi connectivity index (χ1) is 16.8. The van der Waals surface area contributed by atoms with Crippen molar-refractivity contribution in [3.63, 3.8) is 0 Å². The number of rotatable bonds is 3. The molecule has 10 rings (SSSR count). The molecule has 0 spiro atoms. The number of fused-ring (bicyclic) bond motifs is 8. The topological polar surface area (TPSA) is 0 Å². The molecular formula is C36H48. The maximum Gasteiger partial charge on any atom is 0.0264 e. The van der Waals surface area contributed by atoms with E-state index in [-0.39, 0.29) is 10.8 Å². The van der Waals surface area contributed by atoms with Crippen molar-refractivity contribution in [1.82, 2.24) is 0 Å². The third kappa shape index (κ3) is 2.32. The van der Waals surface area contributed by atoms with Crippen LogP contribution in [0, 0.1) is 45.3 Å². The van der Waals surface area contributed by atoms with Crippen LogP contribution >= 0.6 is 0 Å². The predicted octanol–water partition coefficient (Wildman–Crippen LogP) is 9.83. The van der Waals surface area contributed by atoms with Gasteiger partial charge in [-0.15, -0.1) is 0 Å². The van der Waals surface area contributed by atoms with E-state index < -0.39 is 0 Å². The molecule has 36 heavy (non-hydrogen) atoms. The fraction of sp³-hybridized carbons (Fsp3) is 0.667. The second-order valence-corrected chi connectivity index (χ2v) is 15.7. The molecule has 9 aliphatic carbocycles. The van der Waals surface area contributed by atoms with E-state index in [0.29, 0.717) is 22.2 Å². The molecule has 0 heterocycles. The second-order valence-electron chi connectivity index (χ2n) is 15.7.